The van der Waals surface area contributed by atoms with Crippen LogP contribution in [0.15, 0.2) is 48.5 Å². The van der Waals surface area contributed by atoms with Crippen molar-refractivity contribution in [3.63, 3.8) is 0 Å². The summed E-state index contributed by atoms with van der Waals surface area (Å²) in [5.41, 5.74) is 2.02. The SMILES string of the molecule is COC(COc1ccc(C2OC(C)C2C)cc1)(COc1ccc(C2OC(COC(=O)C(C)C)C2(C)C)cc1)OC. The number of benzene rings is 2. The van der Waals surface area contributed by atoms with Crippen LogP contribution in [0.2, 0.25) is 0 Å². The lowest BCUT2D eigenvalue weighted by atomic mass is 9.72. The van der Waals surface area contributed by atoms with Crippen LogP contribution < -0.4 is 9.47 Å². The normalized spacial score (nSPS) is 25.6. The van der Waals surface area contributed by atoms with Crippen molar-refractivity contribution >= 4 is 5.97 Å². The Balaban J connectivity index is 1.28. The number of methoxy groups -OCH3 is 2. The van der Waals surface area contributed by atoms with Crippen molar-refractivity contribution in [2.24, 2.45) is 17.3 Å². The molecule has 220 valence electrons. The minimum atomic E-state index is -1.09. The zero-order chi connectivity index (χ0) is 29.1. The fourth-order valence-electron chi connectivity index (χ4n) is 4.96. The van der Waals surface area contributed by atoms with Gasteiger partial charge in [-0.15, -0.1) is 0 Å². The van der Waals surface area contributed by atoms with Crippen LogP contribution in [0.5, 0.6) is 11.5 Å². The molecule has 0 saturated carbocycles. The minimum absolute atomic E-state index is 0.0939. The smallest absolute Gasteiger partial charge is 0.308 e. The summed E-state index contributed by atoms with van der Waals surface area (Å²) in [5.74, 6) is 0.442. The second kappa shape index (κ2) is 12.5. The van der Waals surface area contributed by atoms with Crippen LogP contribution in [0.4, 0.5) is 0 Å². The van der Waals surface area contributed by atoms with Crippen LogP contribution in [0, 0.1) is 17.3 Å². The Morgan fingerprint density at radius 3 is 1.82 bits per heavy atom. The highest BCUT2D eigenvalue weighted by Crippen LogP contribution is 2.51. The first kappa shape index (κ1) is 30.3. The molecule has 8 nitrogen and oxygen atoms in total. The Bertz CT molecular complexity index is 1110. The van der Waals surface area contributed by atoms with Gasteiger partial charge in [-0.1, -0.05) is 58.9 Å². The maximum Gasteiger partial charge on any atom is 0.308 e. The number of esters is 1. The van der Waals surface area contributed by atoms with Crippen LogP contribution in [-0.2, 0) is 28.5 Å². The van der Waals surface area contributed by atoms with E-state index in [1.54, 1.807) is 14.2 Å². The molecule has 0 aromatic heterocycles. The van der Waals surface area contributed by atoms with Crippen molar-refractivity contribution in [3.05, 3.63) is 59.7 Å². The minimum Gasteiger partial charge on any atom is -0.488 e. The molecular formula is C32H44O8. The molecule has 2 aliphatic rings. The Morgan fingerprint density at radius 2 is 1.40 bits per heavy atom. The number of hydrogen-bond acceptors (Lipinski definition) is 8. The predicted molar refractivity (Wildman–Crippen MR) is 150 cm³/mol. The summed E-state index contributed by atoms with van der Waals surface area (Å²) in [6.07, 6.45) is 0.192. The first-order chi connectivity index (χ1) is 19.0. The van der Waals surface area contributed by atoms with E-state index in [9.17, 15) is 4.79 Å². The quantitative estimate of drug-likeness (QED) is 0.223. The Morgan fingerprint density at radius 1 is 0.875 bits per heavy atom. The summed E-state index contributed by atoms with van der Waals surface area (Å²) in [6.45, 7) is 12.7. The van der Waals surface area contributed by atoms with Gasteiger partial charge in [-0.05, 0) is 42.3 Å². The van der Waals surface area contributed by atoms with Crippen molar-refractivity contribution in [3.8, 4) is 11.5 Å². The molecule has 2 aromatic rings. The van der Waals surface area contributed by atoms with Crippen LogP contribution >= 0.6 is 0 Å². The van der Waals surface area contributed by atoms with Crippen molar-refractivity contribution in [1.82, 2.24) is 0 Å². The maximum atomic E-state index is 11.8. The second-order valence-electron chi connectivity index (χ2n) is 11.8. The van der Waals surface area contributed by atoms with E-state index in [2.05, 4.69) is 27.7 Å². The summed E-state index contributed by atoms with van der Waals surface area (Å²) in [6, 6.07) is 15.7. The van der Waals surface area contributed by atoms with Crippen LogP contribution in [-0.4, -0.2) is 58.0 Å². The molecule has 4 rings (SSSR count). The lowest BCUT2D eigenvalue weighted by molar-refractivity contribution is -0.254. The molecule has 5 unspecified atom stereocenters. The third-order valence-electron chi connectivity index (χ3n) is 8.29. The van der Waals surface area contributed by atoms with Crippen molar-refractivity contribution in [2.75, 3.05) is 34.0 Å². The van der Waals surface area contributed by atoms with Gasteiger partial charge >= 0.3 is 5.97 Å². The molecular weight excluding hydrogens is 512 g/mol. The third-order valence-corrected chi connectivity index (χ3v) is 8.29. The summed E-state index contributed by atoms with van der Waals surface area (Å²) in [7, 11) is 3.15. The zero-order valence-corrected chi connectivity index (χ0v) is 25.0. The van der Waals surface area contributed by atoms with Gasteiger partial charge in [0.15, 0.2) is 0 Å². The number of hydrogen-bond donors (Lipinski definition) is 0. The number of carbonyl (C=O) groups is 1. The van der Waals surface area contributed by atoms with Gasteiger partial charge in [-0.25, -0.2) is 0 Å². The van der Waals surface area contributed by atoms with Crippen molar-refractivity contribution in [2.45, 2.75) is 71.7 Å². The topological polar surface area (TPSA) is 81.7 Å². The van der Waals surface area contributed by atoms with Gasteiger partial charge in [0.05, 0.1) is 24.2 Å². The van der Waals surface area contributed by atoms with E-state index in [-0.39, 0.29) is 55.4 Å². The average Bonchev–Trinajstić information content (AvgIpc) is 2.96. The fourth-order valence-corrected chi connectivity index (χ4v) is 4.96. The second-order valence-corrected chi connectivity index (χ2v) is 11.8. The molecule has 0 radical (unpaired) electrons. The molecule has 0 aliphatic carbocycles. The Labute approximate surface area is 238 Å². The van der Waals surface area contributed by atoms with Gasteiger partial charge < -0.3 is 33.2 Å². The zero-order valence-electron chi connectivity index (χ0n) is 25.0. The van der Waals surface area contributed by atoms with Gasteiger partial charge in [0.1, 0.15) is 37.4 Å². The van der Waals surface area contributed by atoms with Crippen molar-refractivity contribution in [1.29, 1.82) is 0 Å². The van der Waals surface area contributed by atoms with E-state index in [4.69, 9.17) is 33.2 Å². The van der Waals surface area contributed by atoms with Crippen LogP contribution in [0.25, 0.3) is 0 Å². The summed E-state index contributed by atoms with van der Waals surface area (Å²) < 4.78 is 40.7. The number of rotatable bonds is 13. The van der Waals surface area contributed by atoms with E-state index in [0.717, 1.165) is 11.1 Å². The summed E-state index contributed by atoms with van der Waals surface area (Å²) in [5, 5.41) is 0. The molecule has 0 spiro atoms. The first-order valence-corrected chi connectivity index (χ1v) is 14.0. The van der Waals surface area contributed by atoms with Gasteiger partial charge in [0.25, 0.3) is 0 Å². The van der Waals surface area contributed by atoms with E-state index >= 15 is 0 Å². The van der Waals surface area contributed by atoms with E-state index < -0.39 is 5.79 Å². The molecule has 2 aliphatic heterocycles. The lowest BCUT2D eigenvalue weighted by Gasteiger charge is -2.51. The Kier molecular flexibility index (Phi) is 9.45. The summed E-state index contributed by atoms with van der Waals surface area (Å²) >= 11 is 0. The number of carbonyl (C=O) groups excluding carboxylic acids is 1. The molecule has 2 saturated heterocycles. The molecule has 40 heavy (non-hydrogen) atoms. The Hall–Kier alpha value is -2.65. The van der Waals surface area contributed by atoms with Gasteiger partial charge in [0, 0.05) is 25.6 Å². The van der Waals surface area contributed by atoms with E-state index in [1.807, 2.05) is 62.4 Å². The highest BCUT2D eigenvalue weighted by Gasteiger charge is 2.51. The standard InChI is InChI=1S/C32H44O8/c1-20(2)30(33)36-17-27-31(5,6)29(40-27)24-11-15-26(16-12-24)38-19-32(34-7,35-8)18-37-25-13-9-23(10-14-25)28-21(3)22(4)39-28/h9-16,20-22,27-29H,17-19H2,1-8H3. The van der Waals surface area contributed by atoms with Gasteiger partial charge in [0.2, 0.25) is 5.79 Å². The summed E-state index contributed by atoms with van der Waals surface area (Å²) in [4.78, 5) is 11.8. The van der Waals surface area contributed by atoms with Gasteiger partial charge in [-0.2, -0.15) is 0 Å². The molecule has 2 aromatic carbocycles. The number of ether oxygens (including phenoxy) is 7. The van der Waals surface area contributed by atoms with Crippen molar-refractivity contribution < 1.29 is 38.0 Å². The molecule has 0 bridgehead atoms. The van der Waals surface area contributed by atoms with Crippen LogP contribution in [0.3, 0.4) is 0 Å². The largest absolute Gasteiger partial charge is 0.488 e. The molecule has 0 N–H and O–H groups in total. The monoisotopic (exact) mass is 556 g/mol. The predicted octanol–water partition coefficient (Wildman–Crippen LogP) is 5.89. The van der Waals surface area contributed by atoms with E-state index in [0.29, 0.717) is 23.5 Å². The van der Waals surface area contributed by atoms with Crippen LogP contribution in [0.1, 0.15) is 64.9 Å². The average molecular weight is 557 g/mol. The fraction of sp³-hybridized carbons (Fsp3) is 0.594. The molecule has 0 amide bonds. The third kappa shape index (κ3) is 6.46. The molecule has 8 heteroatoms. The molecule has 5 atom stereocenters. The van der Waals surface area contributed by atoms with E-state index in [1.165, 1.54) is 0 Å². The first-order valence-electron chi connectivity index (χ1n) is 14.0. The highest BCUT2D eigenvalue weighted by molar-refractivity contribution is 5.71. The lowest BCUT2D eigenvalue weighted by Crippen LogP contribution is -2.52. The molecule has 2 fully saturated rings. The van der Waals surface area contributed by atoms with Gasteiger partial charge in [-0.3, -0.25) is 4.79 Å². The maximum absolute atomic E-state index is 11.8. The molecule has 2 heterocycles. The highest BCUT2D eigenvalue weighted by atomic mass is 16.7.